The number of fused-ring (bicyclic) bond motifs is 1. The van der Waals surface area contributed by atoms with Crippen LogP contribution in [-0.4, -0.2) is 33.6 Å². The third-order valence-corrected chi connectivity index (χ3v) is 3.48. The zero-order chi connectivity index (χ0) is 11.8. The summed E-state index contributed by atoms with van der Waals surface area (Å²) >= 11 is 0. The first kappa shape index (κ1) is 10.5. The highest BCUT2D eigenvalue weighted by atomic mass is 15.2. The summed E-state index contributed by atoms with van der Waals surface area (Å²) in [4.78, 5) is 15.1. The molecule has 5 nitrogen and oxygen atoms in total. The first-order valence-corrected chi connectivity index (χ1v) is 6.12. The van der Waals surface area contributed by atoms with E-state index < -0.39 is 0 Å². The van der Waals surface area contributed by atoms with E-state index in [0.717, 1.165) is 17.0 Å². The zero-order valence-corrected chi connectivity index (χ0v) is 10.3. The minimum Gasteiger partial charge on any atom is -0.361 e. The van der Waals surface area contributed by atoms with E-state index in [-0.39, 0.29) is 0 Å². The summed E-state index contributed by atoms with van der Waals surface area (Å²) in [7, 11) is 3.97. The molecule has 0 atom stereocenters. The number of hydrogen-bond acceptors (Lipinski definition) is 4. The summed E-state index contributed by atoms with van der Waals surface area (Å²) in [6.45, 7) is 0. The van der Waals surface area contributed by atoms with Crippen LogP contribution in [0.2, 0.25) is 0 Å². The lowest BCUT2D eigenvalue weighted by atomic mass is 10.2. The van der Waals surface area contributed by atoms with Gasteiger partial charge in [0.15, 0.2) is 17.0 Å². The van der Waals surface area contributed by atoms with Crippen molar-refractivity contribution in [1.29, 1.82) is 0 Å². The number of aromatic nitrogens is 4. The van der Waals surface area contributed by atoms with Gasteiger partial charge in [-0.2, -0.15) is 0 Å². The smallest absolute Gasteiger partial charge is 0.165 e. The van der Waals surface area contributed by atoms with Gasteiger partial charge in [-0.05, 0) is 12.8 Å². The predicted molar refractivity (Wildman–Crippen MR) is 67.2 cm³/mol. The van der Waals surface area contributed by atoms with Gasteiger partial charge < -0.3 is 9.47 Å². The van der Waals surface area contributed by atoms with Crippen LogP contribution in [0.25, 0.3) is 11.2 Å². The Morgan fingerprint density at radius 1 is 1.18 bits per heavy atom. The van der Waals surface area contributed by atoms with Gasteiger partial charge in [0.1, 0.15) is 6.33 Å². The quantitative estimate of drug-likeness (QED) is 0.793. The molecule has 2 heterocycles. The van der Waals surface area contributed by atoms with Crippen LogP contribution in [0, 0.1) is 0 Å². The molecule has 1 saturated carbocycles. The van der Waals surface area contributed by atoms with Gasteiger partial charge in [-0.1, -0.05) is 12.8 Å². The molecule has 0 unspecified atom stereocenters. The number of hydrogen-bond donors (Lipinski definition) is 0. The van der Waals surface area contributed by atoms with Crippen molar-refractivity contribution in [2.75, 3.05) is 19.0 Å². The number of anilines is 1. The average molecular weight is 231 g/mol. The van der Waals surface area contributed by atoms with Gasteiger partial charge in [-0.15, -0.1) is 0 Å². The summed E-state index contributed by atoms with van der Waals surface area (Å²) < 4.78 is 2.22. The Kier molecular flexibility index (Phi) is 2.46. The SMILES string of the molecule is CN(C)c1ncnc2c1ncn2C1CCCC1. The van der Waals surface area contributed by atoms with Crippen molar-refractivity contribution in [1.82, 2.24) is 19.5 Å². The molecule has 1 aliphatic carbocycles. The van der Waals surface area contributed by atoms with Gasteiger partial charge in [0, 0.05) is 20.1 Å². The second kappa shape index (κ2) is 3.98. The normalized spacial score (nSPS) is 16.8. The van der Waals surface area contributed by atoms with E-state index in [4.69, 9.17) is 0 Å². The number of nitrogens with zero attached hydrogens (tertiary/aromatic N) is 5. The molecule has 3 rings (SSSR count). The van der Waals surface area contributed by atoms with Gasteiger partial charge in [0.25, 0.3) is 0 Å². The molecule has 5 heteroatoms. The highest BCUT2D eigenvalue weighted by Crippen LogP contribution is 2.32. The molecule has 17 heavy (non-hydrogen) atoms. The van der Waals surface area contributed by atoms with Crippen LogP contribution >= 0.6 is 0 Å². The summed E-state index contributed by atoms with van der Waals surface area (Å²) in [5.41, 5.74) is 1.88. The third-order valence-electron chi connectivity index (χ3n) is 3.48. The molecule has 0 N–H and O–H groups in total. The molecule has 0 bridgehead atoms. The van der Waals surface area contributed by atoms with E-state index in [1.54, 1.807) is 6.33 Å². The van der Waals surface area contributed by atoms with E-state index in [2.05, 4.69) is 19.5 Å². The topological polar surface area (TPSA) is 46.8 Å². The van der Waals surface area contributed by atoms with Crippen LogP contribution < -0.4 is 4.90 Å². The van der Waals surface area contributed by atoms with Crippen LogP contribution in [0.4, 0.5) is 5.82 Å². The summed E-state index contributed by atoms with van der Waals surface area (Å²) in [5.74, 6) is 0.895. The number of rotatable bonds is 2. The molecular formula is C12H17N5. The second-order valence-electron chi connectivity index (χ2n) is 4.85. The molecular weight excluding hydrogens is 214 g/mol. The Hall–Kier alpha value is -1.65. The van der Waals surface area contributed by atoms with Crippen LogP contribution in [0.15, 0.2) is 12.7 Å². The van der Waals surface area contributed by atoms with Gasteiger partial charge >= 0.3 is 0 Å². The van der Waals surface area contributed by atoms with Crippen molar-refractivity contribution in [3.63, 3.8) is 0 Å². The number of imidazole rings is 1. The fourth-order valence-electron chi connectivity index (χ4n) is 2.62. The molecule has 2 aromatic rings. The lowest BCUT2D eigenvalue weighted by Gasteiger charge is -2.13. The van der Waals surface area contributed by atoms with Crippen molar-refractivity contribution in [2.24, 2.45) is 0 Å². The van der Waals surface area contributed by atoms with Gasteiger partial charge in [-0.25, -0.2) is 15.0 Å². The van der Waals surface area contributed by atoms with Crippen LogP contribution in [0.1, 0.15) is 31.7 Å². The summed E-state index contributed by atoms with van der Waals surface area (Å²) in [5, 5.41) is 0. The van der Waals surface area contributed by atoms with E-state index in [1.807, 2.05) is 25.3 Å². The molecule has 90 valence electrons. The van der Waals surface area contributed by atoms with E-state index in [0.29, 0.717) is 6.04 Å². The molecule has 0 amide bonds. The standard InChI is InChI=1S/C12H17N5/c1-16(2)11-10-12(14-7-13-11)17(8-15-10)9-5-3-4-6-9/h7-9H,3-6H2,1-2H3. The molecule has 2 aromatic heterocycles. The monoisotopic (exact) mass is 231 g/mol. The van der Waals surface area contributed by atoms with E-state index >= 15 is 0 Å². The summed E-state index contributed by atoms with van der Waals surface area (Å²) in [6.07, 6.45) is 8.67. The van der Waals surface area contributed by atoms with E-state index in [9.17, 15) is 0 Å². The maximum atomic E-state index is 4.48. The highest BCUT2D eigenvalue weighted by molar-refractivity contribution is 5.83. The average Bonchev–Trinajstić information content (AvgIpc) is 2.96. The molecule has 0 aliphatic heterocycles. The minimum absolute atomic E-state index is 0.574. The third kappa shape index (κ3) is 1.66. The maximum absolute atomic E-state index is 4.48. The molecule has 0 saturated heterocycles. The fraction of sp³-hybridized carbons (Fsp3) is 0.583. The molecule has 0 spiro atoms. The Balaban J connectivity index is 2.12. The van der Waals surface area contributed by atoms with Crippen molar-refractivity contribution in [2.45, 2.75) is 31.7 Å². The molecule has 0 radical (unpaired) electrons. The Morgan fingerprint density at radius 3 is 2.65 bits per heavy atom. The lowest BCUT2D eigenvalue weighted by molar-refractivity contribution is 0.529. The largest absolute Gasteiger partial charge is 0.361 e. The Morgan fingerprint density at radius 2 is 1.94 bits per heavy atom. The second-order valence-corrected chi connectivity index (χ2v) is 4.85. The predicted octanol–water partition coefficient (Wildman–Crippen LogP) is 2.01. The molecule has 1 aliphatic rings. The van der Waals surface area contributed by atoms with E-state index in [1.165, 1.54) is 25.7 Å². The van der Waals surface area contributed by atoms with Crippen molar-refractivity contribution < 1.29 is 0 Å². The first-order chi connectivity index (χ1) is 8.27. The zero-order valence-electron chi connectivity index (χ0n) is 10.3. The fourth-order valence-corrected chi connectivity index (χ4v) is 2.62. The Bertz CT molecular complexity index is 525. The van der Waals surface area contributed by atoms with Crippen molar-refractivity contribution >= 4 is 17.0 Å². The van der Waals surface area contributed by atoms with Gasteiger partial charge in [0.05, 0.1) is 6.33 Å². The van der Waals surface area contributed by atoms with Crippen LogP contribution in [-0.2, 0) is 0 Å². The molecule has 0 aromatic carbocycles. The van der Waals surface area contributed by atoms with Crippen LogP contribution in [0.5, 0.6) is 0 Å². The molecule has 1 fully saturated rings. The van der Waals surface area contributed by atoms with Crippen molar-refractivity contribution in [3.8, 4) is 0 Å². The minimum atomic E-state index is 0.574. The van der Waals surface area contributed by atoms with Gasteiger partial charge in [-0.3, -0.25) is 0 Å². The first-order valence-electron chi connectivity index (χ1n) is 6.12. The van der Waals surface area contributed by atoms with Gasteiger partial charge in [0.2, 0.25) is 0 Å². The highest BCUT2D eigenvalue weighted by Gasteiger charge is 2.20. The van der Waals surface area contributed by atoms with Crippen LogP contribution in [0.3, 0.4) is 0 Å². The Labute approximate surface area is 100 Å². The summed E-state index contributed by atoms with van der Waals surface area (Å²) in [6, 6.07) is 0.574. The lowest BCUT2D eigenvalue weighted by Crippen LogP contribution is -2.12. The van der Waals surface area contributed by atoms with Crippen molar-refractivity contribution in [3.05, 3.63) is 12.7 Å². The maximum Gasteiger partial charge on any atom is 0.165 e.